The Morgan fingerprint density at radius 3 is 2.79 bits per heavy atom. The quantitative estimate of drug-likeness (QED) is 0.900. The Hall–Kier alpha value is -1.06. The molecule has 3 rings (SSSR count). The Balaban J connectivity index is 1.54. The Bertz CT molecular complexity index is 404. The van der Waals surface area contributed by atoms with E-state index in [1.165, 1.54) is 44.3 Å². The Morgan fingerprint density at radius 1 is 1.16 bits per heavy atom. The molecule has 2 atom stereocenters. The highest BCUT2D eigenvalue weighted by Crippen LogP contribution is 2.27. The molecule has 0 amide bonds. The summed E-state index contributed by atoms with van der Waals surface area (Å²) in [7, 11) is 1.71. The van der Waals surface area contributed by atoms with Gasteiger partial charge in [0.25, 0.3) is 0 Å². The first-order valence-corrected chi connectivity index (χ1v) is 7.47. The summed E-state index contributed by atoms with van der Waals surface area (Å²) in [5.41, 5.74) is 1.34. The summed E-state index contributed by atoms with van der Waals surface area (Å²) < 4.78 is 5.19. The molecule has 2 saturated heterocycles. The second-order valence-corrected chi connectivity index (χ2v) is 5.72. The van der Waals surface area contributed by atoms with Crippen LogP contribution < -0.4 is 10.1 Å². The second-order valence-electron chi connectivity index (χ2n) is 5.72. The molecule has 3 heteroatoms. The van der Waals surface area contributed by atoms with Crippen molar-refractivity contribution < 1.29 is 4.74 Å². The van der Waals surface area contributed by atoms with Crippen molar-refractivity contribution in [3.05, 3.63) is 29.8 Å². The van der Waals surface area contributed by atoms with Gasteiger partial charge in [0.05, 0.1) is 7.11 Å². The first-order valence-electron chi connectivity index (χ1n) is 7.47. The highest BCUT2D eigenvalue weighted by molar-refractivity contribution is 5.27. The topological polar surface area (TPSA) is 24.5 Å². The van der Waals surface area contributed by atoms with Crippen LogP contribution in [0.4, 0.5) is 0 Å². The number of benzene rings is 1. The third-order valence-electron chi connectivity index (χ3n) is 4.58. The van der Waals surface area contributed by atoms with E-state index in [1.54, 1.807) is 7.11 Å². The number of ether oxygens (including phenoxy) is 1. The van der Waals surface area contributed by atoms with Crippen LogP contribution in [-0.2, 0) is 6.54 Å². The standard InChI is InChI=1S/C16H24N2O/c1-19-14-7-5-13(6-8-14)12-17-15-9-11-18-10-3-2-4-16(15)18/h5-8,15-17H,2-4,9-12H2,1H3. The van der Waals surface area contributed by atoms with Gasteiger partial charge in [0.2, 0.25) is 0 Å². The zero-order valence-electron chi connectivity index (χ0n) is 11.8. The first kappa shape index (κ1) is 12.9. The number of nitrogens with one attached hydrogen (secondary N) is 1. The molecule has 1 N–H and O–H groups in total. The van der Waals surface area contributed by atoms with E-state index in [-0.39, 0.29) is 0 Å². The zero-order valence-corrected chi connectivity index (χ0v) is 11.8. The van der Waals surface area contributed by atoms with Crippen LogP contribution >= 0.6 is 0 Å². The minimum Gasteiger partial charge on any atom is -0.497 e. The molecule has 3 nitrogen and oxygen atoms in total. The summed E-state index contributed by atoms with van der Waals surface area (Å²) in [6.45, 7) is 3.56. The van der Waals surface area contributed by atoms with E-state index in [1.807, 2.05) is 12.1 Å². The van der Waals surface area contributed by atoms with Crippen molar-refractivity contribution in [1.82, 2.24) is 10.2 Å². The summed E-state index contributed by atoms with van der Waals surface area (Å²) >= 11 is 0. The van der Waals surface area contributed by atoms with Crippen LogP contribution in [0.3, 0.4) is 0 Å². The van der Waals surface area contributed by atoms with Crippen molar-refractivity contribution in [2.45, 2.75) is 44.3 Å². The Morgan fingerprint density at radius 2 is 2.00 bits per heavy atom. The summed E-state index contributed by atoms with van der Waals surface area (Å²) in [4.78, 5) is 2.68. The van der Waals surface area contributed by atoms with Gasteiger partial charge in [-0.3, -0.25) is 4.90 Å². The smallest absolute Gasteiger partial charge is 0.118 e. The lowest BCUT2D eigenvalue weighted by Gasteiger charge is -2.32. The van der Waals surface area contributed by atoms with Gasteiger partial charge in [0.15, 0.2) is 0 Å². The molecule has 104 valence electrons. The monoisotopic (exact) mass is 260 g/mol. The highest BCUT2D eigenvalue weighted by atomic mass is 16.5. The maximum absolute atomic E-state index is 5.19. The lowest BCUT2D eigenvalue weighted by molar-refractivity contribution is 0.180. The van der Waals surface area contributed by atoms with Gasteiger partial charge in [-0.05, 0) is 43.5 Å². The summed E-state index contributed by atoms with van der Waals surface area (Å²) in [6.07, 6.45) is 5.48. The van der Waals surface area contributed by atoms with Crippen LogP contribution in [0.1, 0.15) is 31.2 Å². The molecule has 1 aromatic carbocycles. The molecule has 2 aliphatic heterocycles. The van der Waals surface area contributed by atoms with Gasteiger partial charge in [0.1, 0.15) is 5.75 Å². The molecular weight excluding hydrogens is 236 g/mol. The molecule has 0 spiro atoms. The van der Waals surface area contributed by atoms with Gasteiger partial charge in [-0.1, -0.05) is 18.6 Å². The van der Waals surface area contributed by atoms with Crippen molar-refractivity contribution in [2.75, 3.05) is 20.2 Å². The Labute approximate surface area is 115 Å². The molecule has 2 heterocycles. The molecule has 0 aliphatic carbocycles. The van der Waals surface area contributed by atoms with E-state index in [2.05, 4.69) is 22.3 Å². The van der Waals surface area contributed by atoms with Crippen molar-refractivity contribution in [3.8, 4) is 5.75 Å². The number of methoxy groups -OCH3 is 1. The van der Waals surface area contributed by atoms with Crippen LogP contribution in [0.15, 0.2) is 24.3 Å². The number of piperidine rings is 1. The normalized spacial score (nSPS) is 27.2. The van der Waals surface area contributed by atoms with Crippen molar-refractivity contribution in [3.63, 3.8) is 0 Å². The van der Waals surface area contributed by atoms with Crippen molar-refractivity contribution in [2.24, 2.45) is 0 Å². The number of rotatable bonds is 4. The highest BCUT2D eigenvalue weighted by Gasteiger charge is 2.34. The fourth-order valence-electron chi connectivity index (χ4n) is 3.48. The molecule has 0 aromatic heterocycles. The second kappa shape index (κ2) is 5.93. The number of fused-ring (bicyclic) bond motifs is 1. The molecule has 2 aliphatic rings. The molecule has 1 aromatic rings. The van der Waals surface area contributed by atoms with Crippen molar-refractivity contribution >= 4 is 0 Å². The van der Waals surface area contributed by atoms with Crippen LogP contribution in [0.5, 0.6) is 5.75 Å². The molecule has 0 radical (unpaired) electrons. The predicted octanol–water partition coefficient (Wildman–Crippen LogP) is 2.41. The summed E-state index contributed by atoms with van der Waals surface area (Å²) in [5.74, 6) is 0.933. The van der Waals surface area contributed by atoms with Gasteiger partial charge in [-0.25, -0.2) is 0 Å². The number of nitrogens with zero attached hydrogens (tertiary/aromatic N) is 1. The van der Waals surface area contributed by atoms with Crippen LogP contribution in [0.2, 0.25) is 0 Å². The third-order valence-corrected chi connectivity index (χ3v) is 4.58. The van der Waals surface area contributed by atoms with Crippen LogP contribution in [-0.4, -0.2) is 37.2 Å². The van der Waals surface area contributed by atoms with E-state index in [0.717, 1.165) is 18.3 Å². The molecule has 2 unspecified atom stereocenters. The molecule has 19 heavy (non-hydrogen) atoms. The van der Waals surface area contributed by atoms with E-state index >= 15 is 0 Å². The molecule has 2 fully saturated rings. The van der Waals surface area contributed by atoms with Gasteiger partial charge in [-0.15, -0.1) is 0 Å². The third kappa shape index (κ3) is 2.93. The van der Waals surface area contributed by atoms with Gasteiger partial charge in [-0.2, -0.15) is 0 Å². The van der Waals surface area contributed by atoms with Crippen LogP contribution in [0.25, 0.3) is 0 Å². The molecule has 0 saturated carbocycles. The summed E-state index contributed by atoms with van der Waals surface area (Å²) in [6, 6.07) is 9.85. The average Bonchev–Trinajstić information content (AvgIpc) is 2.89. The lowest BCUT2D eigenvalue weighted by Crippen LogP contribution is -2.44. The van der Waals surface area contributed by atoms with E-state index in [9.17, 15) is 0 Å². The summed E-state index contributed by atoms with van der Waals surface area (Å²) in [5, 5.41) is 3.75. The zero-order chi connectivity index (χ0) is 13.1. The minimum atomic E-state index is 0.683. The van der Waals surface area contributed by atoms with E-state index in [4.69, 9.17) is 4.74 Å². The Kier molecular flexibility index (Phi) is 4.04. The SMILES string of the molecule is COc1ccc(CNC2CCN3CCCCC23)cc1. The van der Waals surface area contributed by atoms with E-state index < -0.39 is 0 Å². The fourth-order valence-corrected chi connectivity index (χ4v) is 3.48. The fraction of sp³-hybridized carbons (Fsp3) is 0.625. The van der Waals surface area contributed by atoms with E-state index in [0.29, 0.717) is 6.04 Å². The number of hydrogen-bond donors (Lipinski definition) is 1. The average molecular weight is 260 g/mol. The van der Waals surface area contributed by atoms with Gasteiger partial charge in [0, 0.05) is 25.2 Å². The maximum Gasteiger partial charge on any atom is 0.118 e. The molecule has 0 bridgehead atoms. The first-order chi connectivity index (χ1) is 9.36. The van der Waals surface area contributed by atoms with Gasteiger partial charge < -0.3 is 10.1 Å². The largest absolute Gasteiger partial charge is 0.497 e. The molecular formula is C16H24N2O. The maximum atomic E-state index is 5.19. The lowest BCUT2D eigenvalue weighted by atomic mass is 9.99. The predicted molar refractivity (Wildman–Crippen MR) is 77.5 cm³/mol. The van der Waals surface area contributed by atoms with Crippen molar-refractivity contribution in [1.29, 1.82) is 0 Å². The number of hydrogen-bond acceptors (Lipinski definition) is 3. The van der Waals surface area contributed by atoms with Gasteiger partial charge >= 0.3 is 0 Å². The minimum absolute atomic E-state index is 0.683. The van der Waals surface area contributed by atoms with Crippen LogP contribution in [0, 0.1) is 0 Å².